The van der Waals surface area contributed by atoms with Gasteiger partial charge < -0.3 is 18.9 Å². The number of epoxide rings is 2. The van der Waals surface area contributed by atoms with Crippen molar-refractivity contribution in [1.82, 2.24) is 0 Å². The Kier molecular flexibility index (Phi) is 2.38. The molecule has 0 amide bonds. The van der Waals surface area contributed by atoms with Gasteiger partial charge in [0.25, 0.3) is 0 Å². The summed E-state index contributed by atoms with van der Waals surface area (Å²) in [6.07, 6.45) is 10.0. The van der Waals surface area contributed by atoms with E-state index in [-0.39, 0.29) is 11.9 Å². The van der Waals surface area contributed by atoms with Crippen molar-refractivity contribution in [3.63, 3.8) is 0 Å². The van der Waals surface area contributed by atoms with Crippen molar-refractivity contribution in [2.75, 3.05) is 6.61 Å². The lowest BCUT2D eigenvalue weighted by atomic mass is 9.81. The van der Waals surface area contributed by atoms with Crippen molar-refractivity contribution in [2.45, 2.75) is 81.3 Å². The SMILES string of the molecule is C1CC2OC2C2(C1)CCOC(C1CCC3OC3C1)O2. The fourth-order valence-corrected chi connectivity index (χ4v) is 4.55. The standard InChI is InChI=1S/C15H22O4/c1-2-11-13(18-11)15(5-1)6-7-16-14(19-15)9-3-4-10-12(8-9)17-10/h9-14H,1-8H2. The Bertz CT molecular complexity index is 382. The van der Waals surface area contributed by atoms with Crippen LogP contribution in [-0.4, -0.2) is 42.9 Å². The van der Waals surface area contributed by atoms with Crippen LogP contribution >= 0.6 is 0 Å². The molecule has 2 aliphatic carbocycles. The van der Waals surface area contributed by atoms with Crippen molar-refractivity contribution >= 4 is 0 Å². The summed E-state index contributed by atoms with van der Waals surface area (Å²) in [6, 6.07) is 0. The topological polar surface area (TPSA) is 43.5 Å². The number of fused-ring (bicyclic) bond motifs is 3. The molecule has 4 heteroatoms. The Labute approximate surface area is 113 Å². The quantitative estimate of drug-likeness (QED) is 0.681. The Morgan fingerprint density at radius 3 is 2.84 bits per heavy atom. The molecule has 5 aliphatic rings. The van der Waals surface area contributed by atoms with E-state index in [1.165, 1.54) is 25.7 Å². The molecule has 5 rings (SSSR count). The van der Waals surface area contributed by atoms with Crippen LogP contribution in [0.25, 0.3) is 0 Å². The molecule has 0 aromatic rings. The molecular weight excluding hydrogens is 244 g/mol. The Morgan fingerprint density at radius 1 is 0.895 bits per heavy atom. The molecule has 0 bridgehead atoms. The molecule has 19 heavy (non-hydrogen) atoms. The minimum Gasteiger partial charge on any atom is -0.370 e. The molecule has 0 radical (unpaired) electrons. The normalized spacial score (nSPS) is 59.4. The van der Waals surface area contributed by atoms with Crippen molar-refractivity contribution in [1.29, 1.82) is 0 Å². The molecular formula is C15H22O4. The van der Waals surface area contributed by atoms with Gasteiger partial charge in [0.1, 0.15) is 11.7 Å². The summed E-state index contributed by atoms with van der Waals surface area (Å²) in [5, 5.41) is 0. The molecule has 0 aromatic heterocycles. The van der Waals surface area contributed by atoms with Gasteiger partial charge in [0.2, 0.25) is 0 Å². The van der Waals surface area contributed by atoms with Crippen molar-refractivity contribution in [2.24, 2.45) is 5.92 Å². The van der Waals surface area contributed by atoms with Gasteiger partial charge in [-0.3, -0.25) is 0 Å². The first-order valence-electron chi connectivity index (χ1n) is 7.94. The van der Waals surface area contributed by atoms with E-state index in [0.717, 1.165) is 25.9 Å². The summed E-state index contributed by atoms with van der Waals surface area (Å²) < 4.78 is 23.9. The second-order valence-electron chi connectivity index (χ2n) is 6.95. The first-order chi connectivity index (χ1) is 9.34. The van der Waals surface area contributed by atoms with Gasteiger partial charge in [-0.1, -0.05) is 0 Å². The van der Waals surface area contributed by atoms with Gasteiger partial charge >= 0.3 is 0 Å². The van der Waals surface area contributed by atoms with Gasteiger partial charge in [-0.2, -0.15) is 0 Å². The number of ether oxygens (including phenoxy) is 4. The summed E-state index contributed by atoms with van der Waals surface area (Å²) in [7, 11) is 0. The van der Waals surface area contributed by atoms with Crippen molar-refractivity contribution in [3.05, 3.63) is 0 Å². The average Bonchev–Trinajstić information content (AvgIpc) is 3.32. The minimum atomic E-state index is -0.0207. The zero-order valence-corrected chi connectivity index (χ0v) is 11.3. The molecule has 2 saturated carbocycles. The second-order valence-corrected chi connectivity index (χ2v) is 6.95. The van der Waals surface area contributed by atoms with Gasteiger partial charge in [-0.15, -0.1) is 0 Å². The molecule has 3 heterocycles. The maximum Gasteiger partial charge on any atom is 0.161 e. The molecule has 3 aliphatic heterocycles. The van der Waals surface area contributed by atoms with Crippen LogP contribution in [-0.2, 0) is 18.9 Å². The zero-order chi connectivity index (χ0) is 12.4. The van der Waals surface area contributed by atoms with Crippen molar-refractivity contribution in [3.8, 4) is 0 Å². The molecule has 7 atom stereocenters. The molecule has 106 valence electrons. The zero-order valence-electron chi connectivity index (χ0n) is 11.3. The first-order valence-corrected chi connectivity index (χ1v) is 7.94. The van der Waals surface area contributed by atoms with Crippen LogP contribution in [0.5, 0.6) is 0 Å². The van der Waals surface area contributed by atoms with Gasteiger partial charge in [-0.05, 0) is 38.5 Å². The highest BCUT2D eigenvalue weighted by Gasteiger charge is 2.60. The van der Waals surface area contributed by atoms with Crippen molar-refractivity contribution < 1.29 is 18.9 Å². The maximum atomic E-state index is 6.47. The highest BCUT2D eigenvalue weighted by molar-refractivity contribution is 5.07. The molecule has 7 unspecified atom stereocenters. The van der Waals surface area contributed by atoms with Gasteiger partial charge in [-0.25, -0.2) is 0 Å². The largest absolute Gasteiger partial charge is 0.370 e. The molecule has 0 aromatic carbocycles. The Hall–Kier alpha value is -0.160. The minimum absolute atomic E-state index is 0.0122. The molecule has 4 nitrogen and oxygen atoms in total. The highest BCUT2D eigenvalue weighted by Crippen LogP contribution is 2.51. The fraction of sp³-hybridized carbons (Fsp3) is 1.00. The molecule has 1 spiro atoms. The van der Waals surface area contributed by atoms with E-state index in [1.54, 1.807) is 0 Å². The van der Waals surface area contributed by atoms with Crippen LogP contribution in [0.1, 0.15) is 44.9 Å². The summed E-state index contributed by atoms with van der Waals surface area (Å²) in [5.74, 6) is 0.528. The van der Waals surface area contributed by atoms with Crippen LogP contribution in [0.4, 0.5) is 0 Å². The van der Waals surface area contributed by atoms with Crippen LogP contribution in [0, 0.1) is 5.92 Å². The molecule has 5 fully saturated rings. The van der Waals surface area contributed by atoms with Gasteiger partial charge in [0, 0.05) is 12.3 Å². The van der Waals surface area contributed by atoms with E-state index in [1.807, 2.05) is 0 Å². The van der Waals surface area contributed by atoms with Crippen LogP contribution in [0.15, 0.2) is 0 Å². The number of hydrogen-bond donors (Lipinski definition) is 0. The third-order valence-electron chi connectivity index (χ3n) is 5.78. The summed E-state index contributed by atoms with van der Waals surface area (Å²) in [5.41, 5.74) is -0.0207. The first kappa shape index (κ1) is 11.5. The van der Waals surface area contributed by atoms with Crippen LogP contribution in [0.2, 0.25) is 0 Å². The second kappa shape index (κ2) is 3.94. The third-order valence-corrected chi connectivity index (χ3v) is 5.78. The van der Waals surface area contributed by atoms with Crippen LogP contribution in [0.3, 0.4) is 0 Å². The fourth-order valence-electron chi connectivity index (χ4n) is 4.55. The van der Waals surface area contributed by atoms with E-state index in [2.05, 4.69) is 0 Å². The highest BCUT2D eigenvalue weighted by atomic mass is 16.7. The lowest BCUT2D eigenvalue weighted by Crippen LogP contribution is -2.52. The predicted octanol–water partition coefficient (Wildman–Crippen LogP) is 2.01. The van der Waals surface area contributed by atoms with E-state index in [9.17, 15) is 0 Å². The summed E-state index contributed by atoms with van der Waals surface area (Å²) in [4.78, 5) is 0. The summed E-state index contributed by atoms with van der Waals surface area (Å²) in [6.45, 7) is 0.836. The van der Waals surface area contributed by atoms with E-state index < -0.39 is 0 Å². The lowest BCUT2D eigenvalue weighted by Gasteiger charge is -2.44. The molecule has 3 saturated heterocycles. The van der Waals surface area contributed by atoms with Crippen LogP contribution < -0.4 is 0 Å². The Morgan fingerprint density at radius 2 is 1.89 bits per heavy atom. The number of rotatable bonds is 1. The smallest absolute Gasteiger partial charge is 0.161 e. The van der Waals surface area contributed by atoms with Gasteiger partial charge in [0.15, 0.2) is 6.29 Å². The molecule has 0 N–H and O–H groups in total. The van der Waals surface area contributed by atoms with E-state index in [0.29, 0.717) is 30.3 Å². The average molecular weight is 266 g/mol. The van der Waals surface area contributed by atoms with Gasteiger partial charge in [0.05, 0.1) is 24.9 Å². The number of hydrogen-bond acceptors (Lipinski definition) is 4. The monoisotopic (exact) mass is 266 g/mol. The third kappa shape index (κ3) is 1.80. The maximum absolute atomic E-state index is 6.47. The predicted molar refractivity (Wildman–Crippen MR) is 66.7 cm³/mol. The van der Waals surface area contributed by atoms with E-state index >= 15 is 0 Å². The lowest BCUT2D eigenvalue weighted by molar-refractivity contribution is -0.286. The Balaban J connectivity index is 1.31. The van der Waals surface area contributed by atoms with E-state index in [4.69, 9.17) is 18.9 Å². The summed E-state index contributed by atoms with van der Waals surface area (Å²) >= 11 is 0.